The smallest absolute Gasteiger partial charge is 0.264 e. The Hall–Kier alpha value is -3.21. The molecule has 8 nitrogen and oxygen atoms in total. The minimum absolute atomic E-state index is 0.0242. The topological polar surface area (TPSA) is 104 Å². The lowest BCUT2D eigenvalue weighted by Crippen LogP contribution is -2.35. The number of benzene rings is 3. The first-order valence-electron chi connectivity index (χ1n) is 10.6. The Labute approximate surface area is 199 Å². The Kier molecular flexibility index (Phi) is 6.24. The third kappa shape index (κ3) is 4.31. The SMILES string of the molecule is CC1Cc2ccccc2N1S(=O)(=O)c1cccc(C(=O)Nc2ccc(S(=O)(=O)N(C)C)cc2)c1. The van der Waals surface area contributed by atoms with Gasteiger partial charge >= 0.3 is 0 Å². The molecule has 1 aliphatic rings. The van der Waals surface area contributed by atoms with Crippen molar-refractivity contribution in [2.45, 2.75) is 29.2 Å². The number of fused-ring (bicyclic) bond motifs is 1. The molecular formula is C24H25N3O5S2. The highest BCUT2D eigenvalue weighted by atomic mass is 32.2. The number of carbonyl (C=O) groups is 1. The molecule has 1 aliphatic heterocycles. The number of carbonyl (C=O) groups excluding carboxylic acids is 1. The molecule has 0 aliphatic carbocycles. The summed E-state index contributed by atoms with van der Waals surface area (Å²) in [6.45, 7) is 1.86. The summed E-state index contributed by atoms with van der Waals surface area (Å²) in [5.74, 6) is -0.505. The van der Waals surface area contributed by atoms with Crippen LogP contribution in [0.1, 0.15) is 22.8 Å². The van der Waals surface area contributed by atoms with Crippen LogP contribution in [-0.4, -0.2) is 47.2 Å². The standard InChI is InChI=1S/C24H25N3O5S2/c1-17-15-18-7-4-5-10-23(18)27(17)34(31,32)22-9-6-8-19(16-22)24(28)25-20-11-13-21(14-12-20)33(29,30)26(2)3/h4-14,16-17H,15H2,1-3H3,(H,25,28). The lowest BCUT2D eigenvalue weighted by Gasteiger charge is -2.24. The van der Waals surface area contributed by atoms with Crippen LogP contribution < -0.4 is 9.62 Å². The molecule has 178 valence electrons. The predicted octanol–water partition coefficient (Wildman–Crippen LogP) is 3.33. The molecule has 0 spiro atoms. The second kappa shape index (κ2) is 8.86. The van der Waals surface area contributed by atoms with Crippen molar-refractivity contribution >= 4 is 37.3 Å². The van der Waals surface area contributed by atoms with E-state index in [1.807, 2.05) is 19.1 Å². The van der Waals surface area contributed by atoms with Crippen LogP contribution in [0.4, 0.5) is 11.4 Å². The van der Waals surface area contributed by atoms with Crippen molar-refractivity contribution in [2.24, 2.45) is 0 Å². The van der Waals surface area contributed by atoms with Crippen LogP contribution in [0.5, 0.6) is 0 Å². The van der Waals surface area contributed by atoms with E-state index in [4.69, 9.17) is 0 Å². The van der Waals surface area contributed by atoms with Gasteiger partial charge in [0.05, 0.1) is 15.5 Å². The first-order chi connectivity index (χ1) is 16.0. The van der Waals surface area contributed by atoms with Crippen molar-refractivity contribution < 1.29 is 21.6 Å². The van der Waals surface area contributed by atoms with E-state index < -0.39 is 26.0 Å². The summed E-state index contributed by atoms with van der Waals surface area (Å²) in [5, 5.41) is 2.68. The molecule has 0 fully saturated rings. The number of nitrogens with zero attached hydrogens (tertiary/aromatic N) is 2. The lowest BCUT2D eigenvalue weighted by atomic mass is 10.1. The van der Waals surface area contributed by atoms with Gasteiger partial charge in [-0.25, -0.2) is 21.1 Å². The number of hydrogen-bond acceptors (Lipinski definition) is 5. The van der Waals surface area contributed by atoms with Crippen LogP contribution >= 0.6 is 0 Å². The summed E-state index contributed by atoms with van der Waals surface area (Å²) in [4.78, 5) is 12.9. The molecule has 4 rings (SSSR count). The molecule has 0 aromatic heterocycles. The molecular weight excluding hydrogens is 474 g/mol. The molecule has 0 saturated heterocycles. The van der Waals surface area contributed by atoms with E-state index in [9.17, 15) is 21.6 Å². The summed E-state index contributed by atoms with van der Waals surface area (Å²) in [6, 6.07) is 18.8. The molecule has 1 unspecified atom stereocenters. The third-order valence-corrected chi connectivity index (χ3v) is 9.44. The van der Waals surface area contributed by atoms with Crippen LogP contribution in [0.3, 0.4) is 0 Å². The van der Waals surface area contributed by atoms with Crippen molar-refractivity contribution in [2.75, 3.05) is 23.7 Å². The van der Waals surface area contributed by atoms with Gasteiger partial charge in [0.15, 0.2) is 0 Å². The highest BCUT2D eigenvalue weighted by molar-refractivity contribution is 7.93. The number of anilines is 2. The molecule has 10 heteroatoms. The van der Waals surface area contributed by atoms with Crippen LogP contribution in [-0.2, 0) is 26.5 Å². The maximum Gasteiger partial charge on any atom is 0.264 e. The Bertz CT molecular complexity index is 1450. The molecule has 1 atom stereocenters. The second-order valence-corrected chi connectivity index (χ2v) is 12.2. The number of sulfonamides is 2. The third-order valence-electron chi connectivity index (χ3n) is 5.69. The molecule has 34 heavy (non-hydrogen) atoms. The van der Waals surface area contributed by atoms with E-state index >= 15 is 0 Å². The molecule has 1 heterocycles. The fourth-order valence-corrected chi connectivity index (χ4v) is 6.58. The van der Waals surface area contributed by atoms with Gasteiger partial charge in [-0.3, -0.25) is 9.10 Å². The van der Waals surface area contributed by atoms with Crippen LogP contribution in [0.2, 0.25) is 0 Å². The quantitative estimate of drug-likeness (QED) is 0.560. The first-order valence-corrected chi connectivity index (χ1v) is 13.5. The Morgan fingerprint density at radius 3 is 2.26 bits per heavy atom. The van der Waals surface area contributed by atoms with Gasteiger partial charge in [0.2, 0.25) is 10.0 Å². The summed E-state index contributed by atoms with van der Waals surface area (Å²) in [7, 11) is -4.58. The first kappa shape index (κ1) is 23.9. The van der Waals surface area contributed by atoms with Gasteiger partial charge in [0.25, 0.3) is 15.9 Å². The lowest BCUT2D eigenvalue weighted by molar-refractivity contribution is 0.102. The second-order valence-electron chi connectivity index (χ2n) is 8.28. The van der Waals surface area contributed by atoms with E-state index in [-0.39, 0.29) is 21.4 Å². The largest absolute Gasteiger partial charge is 0.322 e. The van der Waals surface area contributed by atoms with Gasteiger partial charge < -0.3 is 5.32 Å². The van der Waals surface area contributed by atoms with Gasteiger partial charge in [0, 0.05) is 31.4 Å². The van der Waals surface area contributed by atoms with E-state index in [0.29, 0.717) is 17.8 Å². The van der Waals surface area contributed by atoms with E-state index in [1.165, 1.54) is 66.9 Å². The van der Waals surface area contributed by atoms with Crippen molar-refractivity contribution in [1.82, 2.24) is 4.31 Å². The zero-order valence-corrected chi connectivity index (χ0v) is 20.6. The zero-order chi connectivity index (χ0) is 24.7. The van der Waals surface area contributed by atoms with Gasteiger partial charge in [-0.05, 0) is 67.4 Å². The maximum absolute atomic E-state index is 13.5. The summed E-state index contributed by atoms with van der Waals surface area (Å²) < 4.78 is 53.8. The van der Waals surface area contributed by atoms with E-state index in [0.717, 1.165) is 9.87 Å². The average Bonchev–Trinajstić information content (AvgIpc) is 3.15. The Balaban J connectivity index is 1.58. The summed E-state index contributed by atoms with van der Waals surface area (Å²) in [6.07, 6.45) is 0.620. The van der Waals surface area contributed by atoms with Crippen molar-refractivity contribution in [3.05, 3.63) is 83.9 Å². The van der Waals surface area contributed by atoms with Crippen LogP contribution in [0.15, 0.2) is 82.6 Å². The molecule has 3 aromatic rings. The van der Waals surface area contributed by atoms with Crippen LogP contribution in [0, 0.1) is 0 Å². The number of para-hydroxylation sites is 1. The number of amides is 1. The summed E-state index contributed by atoms with van der Waals surface area (Å²) >= 11 is 0. The van der Waals surface area contributed by atoms with Crippen molar-refractivity contribution in [1.29, 1.82) is 0 Å². The number of hydrogen-bond donors (Lipinski definition) is 1. The number of rotatable bonds is 6. The molecule has 1 N–H and O–H groups in total. The molecule has 3 aromatic carbocycles. The average molecular weight is 500 g/mol. The maximum atomic E-state index is 13.5. The summed E-state index contributed by atoms with van der Waals surface area (Å²) in [5.41, 5.74) is 2.18. The minimum atomic E-state index is -3.88. The molecule has 0 bridgehead atoms. The highest BCUT2D eigenvalue weighted by Gasteiger charge is 2.36. The normalized spacial score (nSPS) is 15.9. The Morgan fingerprint density at radius 1 is 0.912 bits per heavy atom. The monoisotopic (exact) mass is 499 g/mol. The van der Waals surface area contributed by atoms with E-state index in [2.05, 4.69) is 5.32 Å². The van der Waals surface area contributed by atoms with Gasteiger partial charge in [-0.2, -0.15) is 0 Å². The van der Waals surface area contributed by atoms with Gasteiger partial charge in [-0.15, -0.1) is 0 Å². The van der Waals surface area contributed by atoms with Gasteiger partial charge in [0.1, 0.15) is 0 Å². The highest BCUT2D eigenvalue weighted by Crippen LogP contribution is 2.36. The molecule has 1 amide bonds. The van der Waals surface area contributed by atoms with Crippen molar-refractivity contribution in [3.8, 4) is 0 Å². The Morgan fingerprint density at radius 2 is 1.59 bits per heavy atom. The van der Waals surface area contributed by atoms with Crippen LogP contribution in [0.25, 0.3) is 0 Å². The fourth-order valence-electron chi connectivity index (χ4n) is 3.94. The fraction of sp³-hybridized carbons (Fsp3) is 0.208. The zero-order valence-electron chi connectivity index (χ0n) is 19.0. The van der Waals surface area contributed by atoms with Gasteiger partial charge in [-0.1, -0.05) is 24.3 Å². The predicted molar refractivity (Wildman–Crippen MR) is 131 cm³/mol. The number of nitrogens with one attached hydrogen (secondary N) is 1. The van der Waals surface area contributed by atoms with E-state index in [1.54, 1.807) is 12.1 Å². The minimum Gasteiger partial charge on any atom is -0.322 e. The molecule has 0 saturated carbocycles. The molecule has 0 radical (unpaired) electrons. The van der Waals surface area contributed by atoms with Crippen molar-refractivity contribution in [3.63, 3.8) is 0 Å².